The van der Waals surface area contributed by atoms with Gasteiger partial charge in [-0.15, -0.1) is 0 Å². The van der Waals surface area contributed by atoms with Crippen LogP contribution in [0.2, 0.25) is 5.02 Å². The number of rotatable bonds is 7. The maximum absolute atomic E-state index is 13.5. The van der Waals surface area contributed by atoms with Gasteiger partial charge in [0.2, 0.25) is 11.5 Å². The molecular weight excluding hydrogens is 481 g/mol. The van der Waals surface area contributed by atoms with E-state index in [1.807, 2.05) is 0 Å². The molecule has 1 aromatic heterocycles. The molecule has 3 aromatic rings. The summed E-state index contributed by atoms with van der Waals surface area (Å²) in [4.78, 5) is 41.7. The number of H-pyrrole nitrogens is 1. The summed E-state index contributed by atoms with van der Waals surface area (Å²) in [6.45, 7) is 0.545. The van der Waals surface area contributed by atoms with Crippen LogP contribution in [0.1, 0.15) is 12.0 Å². The van der Waals surface area contributed by atoms with Crippen molar-refractivity contribution in [3.63, 3.8) is 0 Å². The van der Waals surface area contributed by atoms with Gasteiger partial charge in [-0.3, -0.25) is 9.59 Å². The number of aromatic amines is 1. The second-order valence-electron chi connectivity index (χ2n) is 8.04. The second-order valence-corrected chi connectivity index (χ2v) is 8.47. The van der Waals surface area contributed by atoms with E-state index in [0.29, 0.717) is 22.2 Å². The van der Waals surface area contributed by atoms with Crippen LogP contribution in [0.15, 0.2) is 42.5 Å². The molecule has 12 heteroatoms. The predicted molar refractivity (Wildman–Crippen MR) is 127 cm³/mol. The fourth-order valence-electron chi connectivity index (χ4n) is 3.83. The molecule has 1 atom stereocenters. The average Bonchev–Trinajstić information content (AvgIpc) is 3.35. The monoisotopic (exact) mass is 503 g/mol. The van der Waals surface area contributed by atoms with E-state index in [9.17, 15) is 23.9 Å². The number of nitrogens with two attached hydrogens (primary N) is 1. The highest BCUT2D eigenvalue weighted by Crippen LogP contribution is 2.32. The summed E-state index contributed by atoms with van der Waals surface area (Å²) in [5.74, 6) is -2.02. The number of anilines is 1. The molecule has 0 aliphatic carbocycles. The highest BCUT2D eigenvalue weighted by atomic mass is 35.5. The number of fused-ring (bicyclic) bond motifs is 1. The third kappa shape index (κ3) is 5.21. The van der Waals surface area contributed by atoms with Crippen LogP contribution in [0.25, 0.3) is 10.9 Å². The third-order valence-corrected chi connectivity index (χ3v) is 5.77. The number of halogens is 2. The minimum absolute atomic E-state index is 0.106. The number of aromatic nitrogens is 1. The molecule has 1 saturated heterocycles. The fraction of sp³-hybridized carbons (Fsp3) is 0.261. The van der Waals surface area contributed by atoms with E-state index >= 15 is 0 Å². The number of carbonyl (C=O) groups excluding carboxylic acids is 3. The van der Waals surface area contributed by atoms with Gasteiger partial charge in [-0.05, 0) is 42.0 Å². The third-order valence-electron chi connectivity index (χ3n) is 5.55. The normalized spacial score (nSPS) is 17.6. The van der Waals surface area contributed by atoms with E-state index in [1.165, 1.54) is 17.0 Å². The molecule has 1 fully saturated rings. The first-order valence-electron chi connectivity index (χ1n) is 10.8. The molecular formula is C23H23ClFN5O5. The number of ether oxygens (including phenoxy) is 1. The van der Waals surface area contributed by atoms with Crippen LogP contribution in [-0.2, 0) is 16.1 Å². The molecule has 0 spiro atoms. The van der Waals surface area contributed by atoms with E-state index in [1.54, 1.807) is 24.3 Å². The van der Waals surface area contributed by atoms with Crippen molar-refractivity contribution >= 4 is 46.1 Å². The van der Waals surface area contributed by atoms with Crippen LogP contribution in [0, 0.1) is 5.82 Å². The maximum atomic E-state index is 13.5. The lowest BCUT2D eigenvalue weighted by Gasteiger charge is -2.22. The van der Waals surface area contributed by atoms with Crippen LogP contribution < -0.4 is 26.0 Å². The number of aliphatic hydroxyl groups is 1. The fourth-order valence-corrected chi connectivity index (χ4v) is 4.07. The molecule has 4 rings (SSSR count). The number of amides is 3. The zero-order valence-electron chi connectivity index (χ0n) is 18.4. The van der Waals surface area contributed by atoms with E-state index in [0.717, 1.165) is 6.07 Å². The Bertz CT molecular complexity index is 1280. The summed E-state index contributed by atoms with van der Waals surface area (Å²) in [6, 6.07) is 10.4. The Morgan fingerprint density at radius 2 is 2.03 bits per heavy atom. The van der Waals surface area contributed by atoms with E-state index < -0.39 is 29.3 Å². The number of nitrogens with zero attached hydrogens (tertiary/aromatic N) is 1. The molecule has 0 bridgehead atoms. The minimum atomic E-state index is -2.26. The van der Waals surface area contributed by atoms with Crippen LogP contribution in [-0.4, -0.2) is 53.2 Å². The predicted octanol–water partition coefficient (Wildman–Crippen LogP) is 1.79. The van der Waals surface area contributed by atoms with Crippen molar-refractivity contribution in [1.29, 1.82) is 0 Å². The Labute approximate surface area is 204 Å². The van der Waals surface area contributed by atoms with Gasteiger partial charge in [-0.25, -0.2) is 9.18 Å². The molecule has 2 aromatic carbocycles. The molecule has 3 amide bonds. The van der Waals surface area contributed by atoms with Gasteiger partial charge in [0.25, 0.3) is 11.8 Å². The van der Waals surface area contributed by atoms with Crippen molar-refractivity contribution in [1.82, 2.24) is 15.6 Å². The Balaban J connectivity index is 1.45. The number of hydrogen-bond donors (Lipinski definition) is 5. The minimum Gasteiger partial charge on any atom is -0.393 e. The summed E-state index contributed by atoms with van der Waals surface area (Å²) < 4.78 is 18.7. The number of nitrogens with one attached hydrogen (secondary N) is 3. The highest BCUT2D eigenvalue weighted by Gasteiger charge is 2.51. The van der Waals surface area contributed by atoms with Crippen LogP contribution in [0.3, 0.4) is 0 Å². The summed E-state index contributed by atoms with van der Waals surface area (Å²) >= 11 is 5.82. The standard InChI is InChI=1S/C23H23ClFN5O5/c24-15-7-13(8-16(25)11-15)12-28-20(31)23(34)3-6-30(21(23)32)17-1-2-18-14(9-17)10-19(29-18)35-22(33)27-5-4-26/h1-2,7-11,29,34H,3-6,12,26H2,(H,27,33)(H,28,31)/t23-/m0/s1. The van der Waals surface area contributed by atoms with Gasteiger partial charge < -0.3 is 36.1 Å². The van der Waals surface area contributed by atoms with Crippen molar-refractivity contribution in [3.8, 4) is 5.88 Å². The lowest BCUT2D eigenvalue weighted by Crippen LogP contribution is -2.52. The Kier molecular flexibility index (Phi) is 6.92. The summed E-state index contributed by atoms with van der Waals surface area (Å²) in [5.41, 5.74) is 4.58. The molecule has 0 unspecified atom stereocenters. The smallest absolute Gasteiger partial charge is 0.393 e. The van der Waals surface area contributed by atoms with Gasteiger partial charge in [0.15, 0.2) is 0 Å². The Morgan fingerprint density at radius 3 is 2.77 bits per heavy atom. The number of benzene rings is 2. The maximum Gasteiger partial charge on any atom is 0.413 e. The number of hydrogen-bond acceptors (Lipinski definition) is 6. The molecule has 0 saturated carbocycles. The van der Waals surface area contributed by atoms with E-state index in [-0.39, 0.29) is 43.5 Å². The summed E-state index contributed by atoms with van der Waals surface area (Å²) in [7, 11) is 0. The molecule has 1 aliphatic rings. The van der Waals surface area contributed by atoms with E-state index in [4.69, 9.17) is 22.1 Å². The first-order chi connectivity index (χ1) is 16.7. The zero-order valence-corrected chi connectivity index (χ0v) is 19.2. The summed E-state index contributed by atoms with van der Waals surface area (Å²) in [6.07, 6.45) is -0.781. The van der Waals surface area contributed by atoms with E-state index in [2.05, 4.69) is 15.6 Å². The Morgan fingerprint density at radius 1 is 1.23 bits per heavy atom. The molecule has 1 aliphatic heterocycles. The largest absolute Gasteiger partial charge is 0.413 e. The molecule has 6 N–H and O–H groups in total. The summed E-state index contributed by atoms with van der Waals surface area (Å²) in [5, 5.41) is 16.6. The van der Waals surface area contributed by atoms with Gasteiger partial charge in [-0.1, -0.05) is 11.6 Å². The average molecular weight is 504 g/mol. The Hall–Kier alpha value is -3.67. The van der Waals surface area contributed by atoms with Crippen molar-refractivity contribution < 1.29 is 28.6 Å². The SMILES string of the molecule is NCCNC(=O)Oc1cc2cc(N3CC[C@](O)(C(=O)NCc4cc(F)cc(Cl)c4)C3=O)ccc2[nH]1. The lowest BCUT2D eigenvalue weighted by molar-refractivity contribution is -0.149. The second kappa shape index (κ2) is 9.90. The van der Waals surface area contributed by atoms with Gasteiger partial charge in [0.1, 0.15) is 5.82 Å². The van der Waals surface area contributed by atoms with Crippen molar-refractivity contribution in [3.05, 3.63) is 58.9 Å². The van der Waals surface area contributed by atoms with Crippen LogP contribution in [0.5, 0.6) is 5.88 Å². The van der Waals surface area contributed by atoms with Gasteiger partial charge in [0.05, 0.1) is 0 Å². The first kappa shape index (κ1) is 24.5. The first-order valence-corrected chi connectivity index (χ1v) is 11.1. The van der Waals surface area contributed by atoms with Crippen molar-refractivity contribution in [2.75, 3.05) is 24.5 Å². The van der Waals surface area contributed by atoms with Crippen LogP contribution in [0.4, 0.5) is 14.9 Å². The quantitative estimate of drug-likeness (QED) is 0.310. The number of carbonyl (C=O) groups is 3. The molecule has 2 heterocycles. The van der Waals surface area contributed by atoms with Gasteiger partial charge in [-0.2, -0.15) is 0 Å². The van der Waals surface area contributed by atoms with Crippen molar-refractivity contribution in [2.45, 2.75) is 18.6 Å². The van der Waals surface area contributed by atoms with Crippen LogP contribution >= 0.6 is 11.6 Å². The lowest BCUT2D eigenvalue weighted by atomic mass is 10.0. The zero-order chi connectivity index (χ0) is 25.2. The molecule has 35 heavy (non-hydrogen) atoms. The molecule has 0 radical (unpaired) electrons. The topological polar surface area (TPSA) is 150 Å². The van der Waals surface area contributed by atoms with Crippen molar-refractivity contribution in [2.24, 2.45) is 5.73 Å². The molecule has 184 valence electrons. The van der Waals surface area contributed by atoms with Gasteiger partial charge in [0, 0.05) is 60.3 Å². The molecule has 10 nitrogen and oxygen atoms in total. The highest BCUT2D eigenvalue weighted by molar-refractivity contribution is 6.30. The van der Waals surface area contributed by atoms with Gasteiger partial charge >= 0.3 is 6.09 Å².